The van der Waals surface area contributed by atoms with Gasteiger partial charge >= 0.3 is 11.2 Å². The first kappa shape index (κ1) is 65.1. The van der Waals surface area contributed by atoms with E-state index in [-0.39, 0.29) is 71.6 Å². The summed E-state index contributed by atoms with van der Waals surface area (Å²) in [6.07, 6.45) is 11.6. The second-order valence-electron chi connectivity index (χ2n) is 22.4. The van der Waals surface area contributed by atoms with Gasteiger partial charge in [0.15, 0.2) is 5.78 Å². The third kappa shape index (κ3) is 17.9. The lowest BCUT2D eigenvalue weighted by atomic mass is 9.78. The van der Waals surface area contributed by atoms with Crippen molar-refractivity contribution in [3.63, 3.8) is 0 Å². The normalized spacial score (nSPS) is 36.0. The summed E-state index contributed by atoms with van der Waals surface area (Å²) in [5.74, 6) is -6.90. The van der Waals surface area contributed by atoms with Crippen LogP contribution in [0.1, 0.15) is 132 Å². The molecule has 440 valence electrons. The van der Waals surface area contributed by atoms with Gasteiger partial charge in [-0.05, 0) is 126 Å². The van der Waals surface area contributed by atoms with E-state index in [9.17, 15) is 39.5 Å². The minimum Gasteiger partial charge on any atom is -0.460 e. The van der Waals surface area contributed by atoms with Crippen LogP contribution in [0.5, 0.6) is 5.75 Å². The van der Waals surface area contributed by atoms with Gasteiger partial charge in [0, 0.05) is 89.4 Å². The minimum atomic E-state index is -2.44. The molecule has 1 aromatic rings. The molecule has 3 fully saturated rings. The minimum absolute atomic E-state index is 0.0198. The van der Waals surface area contributed by atoms with Gasteiger partial charge in [-0.25, -0.2) is 4.79 Å². The van der Waals surface area contributed by atoms with Crippen LogP contribution in [-0.4, -0.2) is 144 Å². The van der Waals surface area contributed by atoms with Crippen LogP contribution in [0.2, 0.25) is 0 Å². The predicted octanol–water partition coefficient (Wildman–Crippen LogP) is 9.31. The highest BCUT2D eigenvalue weighted by atomic mass is 32.1. The van der Waals surface area contributed by atoms with Crippen LogP contribution in [0.15, 0.2) is 71.9 Å². The third-order valence-corrected chi connectivity index (χ3v) is 16.7. The van der Waals surface area contributed by atoms with Gasteiger partial charge in [0.25, 0.3) is 17.4 Å². The summed E-state index contributed by atoms with van der Waals surface area (Å²) >= 11 is 5.43. The van der Waals surface area contributed by atoms with Crippen LogP contribution < -0.4 is 4.74 Å². The van der Waals surface area contributed by atoms with Crippen molar-refractivity contribution in [2.24, 2.45) is 35.5 Å². The smallest absolute Gasteiger partial charge is 0.358 e. The monoisotopic (exact) mass is 1120 g/mol. The Bertz CT molecular complexity index is 2340. The van der Waals surface area contributed by atoms with Crippen molar-refractivity contribution in [1.82, 2.24) is 4.90 Å². The first-order valence-corrected chi connectivity index (χ1v) is 28.7. The van der Waals surface area contributed by atoms with E-state index < -0.39 is 89.0 Å². The average Bonchev–Trinajstić information content (AvgIpc) is 3.47. The lowest BCUT2D eigenvalue weighted by Crippen LogP contribution is -2.61. The molecular weight excluding hydrogens is 1040 g/mol. The molecule has 5 rings (SSSR count). The molecule has 1 saturated carbocycles. The number of aliphatic hydroxyl groups excluding tert-OH is 1. The van der Waals surface area contributed by atoms with Gasteiger partial charge in [0.1, 0.15) is 36.2 Å². The number of methoxy groups -OCH3 is 3. The Balaban J connectivity index is 1.45. The highest BCUT2D eigenvalue weighted by Crippen LogP contribution is 2.39. The highest BCUT2D eigenvalue weighted by molar-refractivity contribution is 7.79. The zero-order chi connectivity index (χ0) is 58.1. The van der Waals surface area contributed by atoms with Crippen molar-refractivity contribution in [2.45, 2.75) is 193 Å². The molecule has 2 bridgehead atoms. The van der Waals surface area contributed by atoms with Crippen molar-refractivity contribution >= 4 is 46.6 Å². The van der Waals surface area contributed by atoms with Crippen LogP contribution in [0.4, 0.5) is 5.69 Å². The Morgan fingerprint density at radius 1 is 0.873 bits per heavy atom. The first-order chi connectivity index (χ1) is 37.5. The molecule has 4 aliphatic rings. The van der Waals surface area contributed by atoms with Crippen molar-refractivity contribution in [1.29, 1.82) is 0 Å². The van der Waals surface area contributed by atoms with E-state index in [1.165, 1.54) is 36.3 Å². The number of aliphatic hydroxyl groups is 2. The molecule has 0 unspecified atom stereocenters. The average molecular weight is 1130 g/mol. The van der Waals surface area contributed by atoms with Gasteiger partial charge in [-0.3, -0.25) is 24.5 Å². The molecule has 0 aromatic heterocycles. The molecule has 16 atom stereocenters. The largest absolute Gasteiger partial charge is 0.460 e. The Hall–Kier alpha value is -4.73. The molecule has 1 amide bonds. The maximum atomic E-state index is 14.8. The number of cyclic esters (lactones) is 1. The number of allylic oxidation sites excluding steroid dienone is 5. The molecule has 2 N–H and O–H groups in total. The second kappa shape index (κ2) is 30.9. The van der Waals surface area contributed by atoms with Crippen molar-refractivity contribution < 1.29 is 72.2 Å². The number of carbonyl (C=O) groups excluding carboxylic acids is 4. The van der Waals surface area contributed by atoms with Gasteiger partial charge < -0.3 is 53.0 Å². The topological polar surface area (TPSA) is 229 Å². The third-order valence-electron chi connectivity index (χ3n) is 16.5. The van der Waals surface area contributed by atoms with E-state index >= 15 is 0 Å². The molecule has 18 nitrogen and oxygen atoms in total. The Labute approximate surface area is 472 Å². The van der Waals surface area contributed by atoms with Gasteiger partial charge in [0.05, 0.1) is 29.3 Å². The molecule has 0 spiro atoms. The number of nitro benzene ring substituents is 1. The number of amides is 1. The Kier molecular flexibility index (Phi) is 25.5. The number of nitrogens with zero attached hydrogens (tertiary/aromatic N) is 2. The zero-order valence-corrected chi connectivity index (χ0v) is 49.1. The molecule has 3 aliphatic heterocycles. The summed E-state index contributed by atoms with van der Waals surface area (Å²) in [5.41, 5.74) is 1.30. The molecule has 1 aromatic carbocycles. The van der Waals surface area contributed by atoms with Crippen LogP contribution in [0.3, 0.4) is 0 Å². The molecule has 19 heteroatoms. The summed E-state index contributed by atoms with van der Waals surface area (Å²) in [6, 6.07) is 4.39. The Morgan fingerprint density at radius 2 is 1.59 bits per heavy atom. The molecule has 2 saturated heterocycles. The van der Waals surface area contributed by atoms with E-state index in [1.54, 1.807) is 28.1 Å². The van der Waals surface area contributed by atoms with E-state index in [1.807, 2.05) is 78.0 Å². The molecule has 79 heavy (non-hydrogen) atoms. The van der Waals surface area contributed by atoms with E-state index in [2.05, 4.69) is 0 Å². The number of ketones is 2. The molecular formula is C60H88N2O16S. The number of benzene rings is 1. The Morgan fingerprint density at radius 3 is 2.25 bits per heavy atom. The summed E-state index contributed by atoms with van der Waals surface area (Å²) in [6.45, 7) is 15.5. The number of fused-ring (bicyclic) bond motifs is 3. The maximum Gasteiger partial charge on any atom is 0.358 e. The summed E-state index contributed by atoms with van der Waals surface area (Å²) < 4.78 is 48.5. The van der Waals surface area contributed by atoms with Crippen molar-refractivity contribution in [2.75, 3.05) is 34.5 Å². The lowest BCUT2D eigenvalue weighted by Gasteiger charge is -2.43. The summed E-state index contributed by atoms with van der Waals surface area (Å²) in [5, 5.41) is 34.9. The fourth-order valence-corrected chi connectivity index (χ4v) is 11.9. The number of nitro groups is 1. The van der Waals surface area contributed by atoms with Crippen LogP contribution >= 0.6 is 12.2 Å². The van der Waals surface area contributed by atoms with Crippen molar-refractivity contribution in [3.8, 4) is 5.75 Å². The quantitative estimate of drug-likeness (QED) is 0.0525. The number of piperidine rings is 1. The van der Waals surface area contributed by atoms with Crippen LogP contribution in [0.25, 0.3) is 0 Å². The number of thiocarbonyl (C=S) groups is 1. The number of hydrogen-bond donors (Lipinski definition) is 2. The predicted molar refractivity (Wildman–Crippen MR) is 301 cm³/mol. The van der Waals surface area contributed by atoms with Gasteiger partial charge in [-0.1, -0.05) is 71.1 Å². The SMILES string of the molecule is CCO[C@@H]1C[C@@H]([C@H](C)C[C@@H]2CC[C@@H](OC(=S)Oc3ccc([N+](=O)[O-])cc3)[C@H](OC)C2)OC(=O)[C@@H]2CCCCN2C(=O)C(=O)[C@]2(O)O[C@@H](CC[C@H]2C)C[C@H](OC)/C(C)=C/C=C/C=C/[C@@H](C)C[C@@H](C)C(=O)[C@H](OC)[C@H](O)/C(C)=C/[C@H]1C. The van der Waals surface area contributed by atoms with Gasteiger partial charge in [-0.15, -0.1) is 0 Å². The van der Waals surface area contributed by atoms with Gasteiger partial charge in [0.2, 0.25) is 5.79 Å². The van der Waals surface area contributed by atoms with E-state index in [4.69, 9.17) is 50.1 Å². The van der Waals surface area contributed by atoms with Crippen LogP contribution in [0, 0.1) is 45.6 Å². The number of non-ortho nitro benzene ring substituents is 1. The molecule has 1 aliphatic carbocycles. The standard InChI is InChI=1S/C60H88N2O16S/c1-12-74-50-35-51(39(5)32-43-22-28-48(52(33-43)72-10)77-59(79)75-45-26-23-44(24-27-45)62(69)70)76-58(67)47-20-16-17-29-61(47)57(66)56(65)60(68)42(8)21-25-46(78-60)34-49(71-9)37(3)19-15-13-14-18-36(2)30-40(6)53(63)55(73-11)54(64)41(7)31-38(50)4/h13-15,18-19,23-24,26-27,31,36,38-40,42-43,46-52,54-55,64,68H,12,16-17,20-22,25,28-30,32-35H2,1-11H3/b15-13+,18-14+,37-19+,41-31+/t36-,38-,39-,40-,42-,43+,46+,47+,48-,49+,50-,51+,52-,54-,55+,60-/m1/s1. The first-order valence-electron chi connectivity index (χ1n) is 28.3. The maximum absolute atomic E-state index is 14.8. The van der Waals surface area contributed by atoms with E-state index in [0.29, 0.717) is 76.4 Å². The zero-order valence-electron chi connectivity index (χ0n) is 48.2. The highest BCUT2D eigenvalue weighted by Gasteiger charge is 2.53. The lowest BCUT2D eigenvalue weighted by molar-refractivity contribution is -0.384. The number of esters is 1. The van der Waals surface area contributed by atoms with E-state index in [0.717, 1.165) is 5.57 Å². The van der Waals surface area contributed by atoms with Crippen molar-refractivity contribution in [3.05, 3.63) is 82.0 Å². The fourth-order valence-electron chi connectivity index (χ4n) is 11.7. The second-order valence-corrected chi connectivity index (χ2v) is 22.7. The summed E-state index contributed by atoms with van der Waals surface area (Å²) in [7, 11) is 4.59. The summed E-state index contributed by atoms with van der Waals surface area (Å²) in [4.78, 5) is 69.6. The fraction of sp³-hybridized carbons (Fsp3) is 0.683. The number of Topliss-reactive ketones (excluding diaryl/α,β-unsaturated/α-hetero) is 2. The number of ether oxygens (including phenoxy) is 8. The number of carbonyl (C=O) groups is 4. The van der Waals surface area contributed by atoms with Crippen LogP contribution in [-0.2, 0) is 52.3 Å². The number of hydrogen-bond acceptors (Lipinski definition) is 17. The van der Waals surface area contributed by atoms with Gasteiger partial charge in [-0.2, -0.15) is 0 Å². The number of rotatable bonds is 11. The molecule has 3 heterocycles. The molecule has 0 radical (unpaired) electrons.